The lowest BCUT2D eigenvalue weighted by Crippen LogP contribution is -2.18. The van der Waals surface area contributed by atoms with E-state index in [1.54, 1.807) is 11.1 Å². The molecule has 2 fully saturated rings. The zero-order valence-corrected chi connectivity index (χ0v) is 18.9. The number of hydrogen-bond acceptors (Lipinski definition) is 0. The molecule has 0 bridgehead atoms. The van der Waals surface area contributed by atoms with Gasteiger partial charge in [0.05, 0.1) is 0 Å². The first-order valence-corrected chi connectivity index (χ1v) is 12.9. The third-order valence-electron chi connectivity index (χ3n) is 8.03. The maximum absolute atomic E-state index is 2.43. The van der Waals surface area contributed by atoms with Gasteiger partial charge in [0.15, 0.2) is 0 Å². The number of hydrogen-bond donors (Lipinski definition) is 0. The van der Waals surface area contributed by atoms with Gasteiger partial charge in [-0.15, -0.1) is 0 Å². The zero-order valence-electron chi connectivity index (χ0n) is 18.9. The topological polar surface area (TPSA) is 0 Å². The Kier molecular flexibility index (Phi) is 9.42. The van der Waals surface area contributed by atoms with Crippen LogP contribution in [0.4, 0.5) is 0 Å². The zero-order chi connectivity index (χ0) is 19.6. The maximum Gasteiger partial charge on any atom is -0.0159 e. The Hall–Kier alpha value is -0.780. The summed E-state index contributed by atoms with van der Waals surface area (Å²) in [5, 5.41) is 0. The van der Waals surface area contributed by atoms with Crippen LogP contribution in [-0.4, -0.2) is 0 Å². The second kappa shape index (κ2) is 12.0. The molecule has 1 aromatic rings. The first-order valence-electron chi connectivity index (χ1n) is 12.9. The van der Waals surface area contributed by atoms with E-state index in [1.807, 2.05) is 0 Å². The van der Waals surface area contributed by atoms with Gasteiger partial charge in [0.2, 0.25) is 0 Å². The van der Waals surface area contributed by atoms with E-state index in [1.165, 1.54) is 103 Å². The molecule has 0 aliphatic heterocycles. The van der Waals surface area contributed by atoms with Crippen molar-refractivity contribution in [2.24, 2.45) is 17.8 Å². The van der Waals surface area contributed by atoms with E-state index in [2.05, 4.69) is 38.1 Å². The lowest BCUT2D eigenvalue weighted by atomic mass is 9.73. The van der Waals surface area contributed by atoms with Gasteiger partial charge < -0.3 is 0 Å². The van der Waals surface area contributed by atoms with E-state index in [0.29, 0.717) is 0 Å². The number of benzene rings is 1. The van der Waals surface area contributed by atoms with Crippen LogP contribution in [0.5, 0.6) is 0 Å². The van der Waals surface area contributed by atoms with Crippen molar-refractivity contribution in [3.8, 4) is 0 Å². The summed E-state index contributed by atoms with van der Waals surface area (Å²) in [5.74, 6) is 4.00. The normalized spacial score (nSPS) is 28.4. The predicted molar refractivity (Wildman–Crippen MR) is 124 cm³/mol. The van der Waals surface area contributed by atoms with Crippen molar-refractivity contribution in [3.05, 3.63) is 35.4 Å². The molecular weight excluding hydrogens is 336 g/mol. The van der Waals surface area contributed by atoms with Crippen LogP contribution in [0.1, 0.15) is 127 Å². The molecule has 0 radical (unpaired) electrons. The van der Waals surface area contributed by atoms with Gasteiger partial charge >= 0.3 is 0 Å². The molecule has 2 aliphatic carbocycles. The summed E-state index contributed by atoms with van der Waals surface area (Å²) in [6, 6.07) is 9.30. The van der Waals surface area contributed by atoms with Crippen LogP contribution in [0.15, 0.2) is 24.3 Å². The second-order valence-electron chi connectivity index (χ2n) is 10.1. The van der Waals surface area contributed by atoms with Crippen LogP contribution in [0.3, 0.4) is 0 Å². The molecule has 0 nitrogen and oxygen atoms in total. The minimum absolute atomic E-state index is 0.845. The molecule has 0 spiro atoms. The summed E-state index contributed by atoms with van der Waals surface area (Å²) >= 11 is 0. The van der Waals surface area contributed by atoms with E-state index < -0.39 is 0 Å². The van der Waals surface area contributed by atoms with Crippen LogP contribution in [0, 0.1) is 17.8 Å². The van der Waals surface area contributed by atoms with Crippen molar-refractivity contribution in [1.29, 1.82) is 0 Å². The monoisotopic (exact) mass is 382 g/mol. The van der Waals surface area contributed by atoms with E-state index >= 15 is 0 Å². The van der Waals surface area contributed by atoms with E-state index in [9.17, 15) is 0 Å². The van der Waals surface area contributed by atoms with Crippen molar-refractivity contribution in [2.45, 2.75) is 122 Å². The minimum atomic E-state index is 0.845. The smallest absolute Gasteiger partial charge is 0.0159 e. The Morgan fingerprint density at radius 2 is 1.21 bits per heavy atom. The van der Waals surface area contributed by atoms with Gasteiger partial charge in [0, 0.05) is 0 Å². The number of rotatable bonds is 10. The molecule has 0 heteroatoms. The number of unbranched alkanes of at least 4 members (excludes halogenated alkanes) is 2. The van der Waals surface area contributed by atoms with Gasteiger partial charge in [-0.25, -0.2) is 0 Å². The van der Waals surface area contributed by atoms with Gasteiger partial charge in [-0.1, -0.05) is 109 Å². The van der Waals surface area contributed by atoms with Crippen molar-refractivity contribution in [1.82, 2.24) is 0 Å². The first-order chi connectivity index (χ1) is 13.8. The van der Waals surface area contributed by atoms with E-state index in [0.717, 1.165) is 23.7 Å². The molecule has 0 aromatic heterocycles. The fourth-order valence-electron chi connectivity index (χ4n) is 6.15. The Balaban J connectivity index is 1.34. The third kappa shape index (κ3) is 6.64. The molecule has 28 heavy (non-hydrogen) atoms. The van der Waals surface area contributed by atoms with Crippen molar-refractivity contribution in [3.63, 3.8) is 0 Å². The molecule has 0 atom stereocenters. The van der Waals surface area contributed by atoms with Crippen LogP contribution in [0.25, 0.3) is 0 Å². The van der Waals surface area contributed by atoms with Crippen LogP contribution >= 0.6 is 0 Å². The van der Waals surface area contributed by atoms with Crippen molar-refractivity contribution >= 4 is 0 Å². The van der Waals surface area contributed by atoms with Crippen molar-refractivity contribution < 1.29 is 0 Å². The molecule has 158 valence electrons. The molecular formula is C28H46. The highest BCUT2D eigenvalue weighted by molar-refractivity contribution is 5.31. The molecule has 0 heterocycles. The molecule has 0 saturated heterocycles. The fourth-order valence-corrected chi connectivity index (χ4v) is 6.15. The Morgan fingerprint density at radius 1 is 0.643 bits per heavy atom. The molecule has 0 unspecified atom stereocenters. The van der Waals surface area contributed by atoms with E-state index in [-0.39, 0.29) is 0 Å². The van der Waals surface area contributed by atoms with Gasteiger partial charge in [0.25, 0.3) is 0 Å². The second-order valence-corrected chi connectivity index (χ2v) is 10.1. The Bertz CT molecular complexity index is 529. The highest BCUT2D eigenvalue weighted by Crippen LogP contribution is 2.41. The molecule has 0 N–H and O–H groups in total. The lowest BCUT2D eigenvalue weighted by Gasteiger charge is -2.32. The molecule has 2 saturated carbocycles. The quantitative estimate of drug-likeness (QED) is 0.354. The van der Waals surface area contributed by atoms with E-state index in [4.69, 9.17) is 0 Å². The SMILES string of the molecule is CCCCCC1CCC(CCC2CCC(c3ccccc3CCC)CC2)CC1. The Labute approximate surface area is 175 Å². The highest BCUT2D eigenvalue weighted by atomic mass is 14.3. The standard InChI is InChI=1S/C28H46/c1-3-5-6-10-23-13-15-24(16-14-23)17-18-25-19-21-27(22-20-25)28-12-8-7-11-26(28)9-4-2/h7-8,11-12,23-25,27H,3-6,9-10,13-22H2,1-2H3. The van der Waals surface area contributed by atoms with Crippen LogP contribution in [0.2, 0.25) is 0 Å². The van der Waals surface area contributed by atoms with Crippen LogP contribution < -0.4 is 0 Å². The summed E-state index contributed by atoms with van der Waals surface area (Å²) in [7, 11) is 0. The summed E-state index contributed by atoms with van der Waals surface area (Å²) in [6.07, 6.45) is 23.4. The average Bonchev–Trinajstić information content (AvgIpc) is 2.74. The van der Waals surface area contributed by atoms with Gasteiger partial charge in [0.1, 0.15) is 0 Å². The van der Waals surface area contributed by atoms with Crippen molar-refractivity contribution in [2.75, 3.05) is 0 Å². The summed E-state index contributed by atoms with van der Waals surface area (Å²) < 4.78 is 0. The maximum atomic E-state index is 2.43. The predicted octanol–water partition coefficient (Wildman–Crippen LogP) is 9.08. The lowest BCUT2D eigenvalue weighted by molar-refractivity contribution is 0.222. The molecule has 2 aliphatic rings. The highest BCUT2D eigenvalue weighted by Gasteiger charge is 2.26. The summed E-state index contributed by atoms with van der Waals surface area (Å²) in [4.78, 5) is 0. The third-order valence-corrected chi connectivity index (χ3v) is 8.03. The summed E-state index contributed by atoms with van der Waals surface area (Å²) in [5.41, 5.74) is 3.31. The molecule has 1 aromatic carbocycles. The van der Waals surface area contributed by atoms with Crippen LogP contribution in [-0.2, 0) is 6.42 Å². The largest absolute Gasteiger partial charge is 0.0654 e. The van der Waals surface area contributed by atoms with Gasteiger partial charge in [-0.05, 0) is 66.9 Å². The molecule has 0 amide bonds. The van der Waals surface area contributed by atoms with Gasteiger partial charge in [-0.2, -0.15) is 0 Å². The number of aryl methyl sites for hydroxylation is 1. The molecule has 3 rings (SSSR count). The average molecular weight is 383 g/mol. The van der Waals surface area contributed by atoms with Gasteiger partial charge in [-0.3, -0.25) is 0 Å². The Morgan fingerprint density at radius 3 is 1.82 bits per heavy atom. The summed E-state index contributed by atoms with van der Waals surface area (Å²) in [6.45, 7) is 4.64. The minimum Gasteiger partial charge on any atom is -0.0654 e. The first kappa shape index (κ1) is 21.9. The fraction of sp³-hybridized carbons (Fsp3) is 0.786.